The van der Waals surface area contributed by atoms with E-state index in [2.05, 4.69) is 9.96 Å². The molecule has 0 radical (unpaired) electrons. The van der Waals surface area contributed by atoms with Crippen molar-refractivity contribution < 1.29 is 5.11 Å². The van der Waals surface area contributed by atoms with Crippen molar-refractivity contribution in [1.82, 2.24) is 9.97 Å². The van der Waals surface area contributed by atoms with Crippen LogP contribution < -0.4 is 10.7 Å². The first-order valence-electron chi connectivity index (χ1n) is 2.35. The molecule has 0 aliphatic rings. The van der Waals surface area contributed by atoms with Gasteiger partial charge < -0.3 is 10.1 Å². The van der Waals surface area contributed by atoms with Crippen molar-refractivity contribution in [2.45, 2.75) is 0 Å². The lowest BCUT2D eigenvalue weighted by Gasteiger charge is -1.96. The fourth-order valence-electron chi connectivity index (χ4n) is 0.443. The largest absolute Gasteiger partial charge is 0.846 e. The smallest absolute Gasteiger partial charge is 0.467 e. The molecule has 10 heavy (non-hydrogen) atoms. The zero-order chi connectivity index (χ0) is 7.56. The fraction of sp³-hybridized carbons (Fsp3) is 0. The third-order valence-corrected chi connectivity index (χ3v) is 0.865. The van der Waals surface area contributed by atoms with E-state index in [0.717, 1.165) is 6.20 Å². The molecule has 0 bridgehead atoms. The van der Waals surface area contributed by atoms with Crippen molar-refractivity contribution in [3.63, 3.8) is 0 Å². The van der Waals surface area contributed by atoms with Crippen molar-refractivity contribution in [3.05, 3.63) is 21.5 Å². The average molecular weight is 138 g/mol. The minimum atomic E-state index is -0.752. The second kappa shape index (κ2) is 2.14. The van der Waals surface area contributed by atoms with Crippen LogP contribution in [0.25, 0.3) is 4.98 Å². The number of rotatable bonds is 0. The van der Waals surface area contributed by atoms with Crippen LogP contribution in [-0.2, 0) is 0 Å². The van der Waals surface area contributed by atoms with Crippen molar-refractivity contribution in [3.8, 4) is 6.01 Å². The summed E-state index contributed by atoms with van der Waals surface area (Å²) in [5.41, 5.74) is -1.03. The molecule has 1 N–H and O–H groups in total. The van der Waals surface area contributed by atoms with Crippen LogP contribution in [-0.4, -0.2) is 9.97 Å². The Morgan fingerprint density at radius 2 is 2.50 bits per heavy atom. The highest BCUT2D eigenvalue weighted by atomic mass is 16.3. The summed E-state index contributed by atoms with van der Waals surface area (Å²) in [5.74, 6) is 0. The van der Waals surface area contributed by atoms with Crippen molar-refractivity contribution >= 4 is 5.69 Å². The van der Waals surface area contributed by atoms with Crippen LogP contribution in [0.1, 0.15) is 0 Å². The van der Waals surface area contributed by atoms with Gasteiger partial charge in [0.1, 0.15) is 6.20 Å². The molecule has 0 aliphatic carbocycles. The zero-order valence-electron chi connectivity index (χ0n) is 4.74. The van der Waals surface area contributed by atoms with E-state index in [-0.39, 0.29) is 5.69 Å². The van der Waals surface area contributed by atoms with Gasteiger partial charge in [0.15, 0.2) is 4.98 Å². The number of hydrogen-bond donors (Lipinski definition) is 1. The van der Waals surface area contributed by atoms with Gasteiger partial charge in [-0.2, -0.15) is 0 Å². The van der Waals surface area contributed by atoms with Gasteiger partial charge in [0, 0.05) is 0 Å². The van der Waals surface area contributed by atoms with Crippen LogP contribution in [0, 0.1) is 5.39 Å². The van der Waals surface area contributed by atoms with Gasteiger partial charge in [-0.1, -0.05) is 0 Å². The number of nitrogens with zero attached hydrogens (tertiary/aromatic N) is 3. The molecule has 0 saturated heterocycles. The molecule has 1 rings (SSSR count). The lowest BCUT2D eigenvalue weighted by atomic mass is 10.5. The lowest BCUT2D eigenvalue weighted by Crippen LogP contribution is -2.09. The summed E-state index contributed by atoms with van der Waals surface area (Å²) in [6.45, 7) is 0. The van der Waals surface area contributed by atoms with Crippen LogP contribution in [0.2, 0.25) is 0 Å². The number of H-pyrrole nitrogens is 1. The molecule has 1 heterocycles. The monoisotopic (exact) mass is 138 g/mol. The molecule has 1 aromatic heterocycles. The van der Waals surface area contributed by atoms with E-state index in [4.69, 9.17) is 5.39 Å². The van der Waals surface area contributed by atoms with E-state index < -0.39 is 11.6 Å². The summed E-state index contributed by atoms with van der Waals surface area (Å²) in [7, 11) is 0. The molecule has 1 aromatic rings. The lowest BCUT2D eigenvalue weighted by molar-refractivity contribution is -0.282. The van der Waals surface area contributed by atoms with Gasteiger partial charge in [-0.05, 0) is 0 Å². The molecular weight excluding hydrogens is 136 g/mol. The Morgan fingerprint density at radius 3 is 3.00 bits per heavy atom. The highest BCUT2D eigenvalue weighted by molar-refractivity contribution is 5.37. The molecule has 0 aliphatic heterocycles. The highest BCUT2D eigenvalue weighted by Crippen LogP contribution is 1.99. The fourth-order valence-corrected chi connectivity index (χ4v) is 0.443. The van der Waals surface area contributed by atoms with Crippen LogP contribution in [0.15, 0.2) is 11.0 Å². The van der Waals surface area contributed by atoms with Crippen LogP contribution in [0.5, 0.6) is 6.01 Å². The van der Waals surface area contributed by atoms with E-state index >= 15 is 0 Å². The Hall–Kier alpha value is -1.90. The zero-order valence-corrected chi connectivity index (χ0v) is 4.74. The van der Waals surface area contributed by atoms with Crippen LogP contribution >= 0.6 is 0 Å². The first-order chi connectivity index (χ1) is 4.74. The van der Waals surface area contributed by atoms with Gasteiger partial charge in [-0.15, -0.1) is 0 Å². The maximum absolute atomic E-state index is 10.5. The SMILES string of the molecule is N#[N+]c1cnc([O-])[nH]c1=O. The molecule has 0 amide bonds. The first-order valence-corrected chi connectivity index (χ1v) is 2.35. The molecule has 50 valence electrons. The molecule has 0 aromatic carbocycles. The number of aromatic nitrogens is 2. The van der Waals surface area contributed by atoms with Gasteiger partial charge in [-0.25, -0.2) is 4.98 Å². The average Bonchev–Trinajstić information content (AvgIpc) is 1.88. The van der Waals surface area contributed by atoms with Crippen molar-refractivity contribution in [2.75, 3.05) is 0 Å². The quantitative estimate of drug-likeness (QED) is 0.480. The molecule has 0 atom stereocenters. The Balaban J connectivity index is 3.38. The number of hydrogen-bond acceptors (Lipinski definition) is 4. The summed E-state index contributed by atoms with van der Waals surface area (Å²) in [4.78, 5) is 18.0. The summed E-state index contributed by atoms with van der Waals surface area (Å²) >= 11 is 0. The molecule has 6 heteroatoms. The molecule has 0 fully saturated rings. The van der Waals surface area contributed by atoms with Crippen molar-refractivity contribution in [1.29, 1.82) is 5.39 Å². The summed E-state index contributed by atoms with van der Waals surface area (Å²) < 4.78 is 0. The van der Waals surface area contributed by atoms with Gasteiger partial charge in [0.25, 0.3) is 0 Å². The Bertz CT molecular complexity index is 336. The number of aromatic amines is 1. The summed E-state index contributed by atoms with van der Waals surface area (Å²) in [6, 6.07) is -0.752. The summed E-state index contributed by atoms with van der Waals surface area (Å²) in [5, 5.41) is 18.3. The third-order valence-electron chi connectivity index (χ3n) is 0.865. The highest BCUT2D eigenvalue weighted by Gasteiger charge is 2.09. The predicted octanol–water partition coefficient (Wildman–Crippen LogP) is -0.672. The normalized spacial score (nSPS) is 8.70. The predicted molar refractivity (Wildman–Crippen MR) is 29.0 cm³/mol. The van der Waals surface area contributed by atoms with E-state index in [1.165, 1.54) is 0 Å². The van der Waals surface area contributed by atoms with E-state index in [0.29, 0.717) is 0 Å². The van der Waals surface area contributed by atoms with Crippen molar-refractivity contribution in [2.24, 2.45) is 0 Å². The number of nitrogens with one attached hydrogen (secondary N) is 1. The topological polar surface area (TPSA) is 97.0 Å². The minimum absolute atomic E-state index is 0.278. The molecular formula is C4H2N4O2. The second-order valence-corrected chi connectivity index (χ2v) is 1.50. The maximum atomic E-state index is 10.5. The van der Waals surface area contributed by atoms with Gasteiger partial charge in [-0.3, -0.25) is 4.79 Å². The summed E-state index contributed by atoms with van der Waals surface area (Å²) in [6.07, 6.45) is 0.890. The van der Waals surface area contributed by atoms with E-state index in [9.17, 15) is 9.90 Å². The number of diazo groups is 1. The molecule has 6 nitrogen and oxygen atoms in total. The van der Waals surface area contributed by atoms with Gasteiger partial charge in [0.05, 0.1) is 6.01 Å². The van der Waals surface area contributed by atoms with Gasteiger partial charge in [0.2, 0.25) is 5.39 Å². The Labute approximate surface area is 54.8 Å². The molecule has 0 unspecified atom stereocenters. The van der Waals surface area contributed by atoms with Crippen LogP contribution in [0.3, 0.4) is 0 Å². The minimum Gasteiger partial charge on any atom is -0.846 e. The maximum Gasteiger partial charge on any atom is 0.467 e. The third kappa shape index (κ3) is 0.925. The van der Waals surface area contributed by atoms with E-state index in [1.54, 1.807) is 0 Å². The van der Waals surface area contributed by atoms with Crippen LogP contribution in [0.4, 0.5) is 5.69 Å². The van der Waals surface area contributed by atoms with Gasteiger partial charge >= 0.3 is 11.2 Å². The van der Waals surface area contributed by atoms with E-state index in [1.807, 2.05) is 4.98 Å². The molecule has 0 saturated carbocycles. The first kappa shape index (κ1) is 6.22. The Morgan fingerprint density at radius 1 is 1.80 bits per heavy atom. The molecule has 0 spiro atoms. The Kier molecular flexibility index (Phi) is 1.33. The second-order valence-electron chi connectivity index (χ2n) is 1.50. The standard InChI is InChI=1S/C4H2N4O2/c5-8-2-1-6-4(10)7-3(2)9/h1H,(H-,6,7,9,10).